The molecular weight excluding hydrogens is 174 g/mol. The second-order valence-corrected chi connectivity index (χ2v) is 3.64. The van der Waals surface area contributed by atoms with Crippen LogP contribution in [0.2, 0.25) is 0 Å². The number of imidazole rings is 1. The van der Waals surface area contributed by atoms with Crippen LogP contribution in [0.15, 0.2) is 12.4 Å². The maximum absolute atomic E-state index is 6.04. The summed E-state index contributed by atoms with van der Waals surface area (Å²) in [5.74, 6) is 0. The van der Waals surface area contributed by atoms with E-state index in [1.165, 1.54) is 11.1 Å². The van der Waals surface area contributed by atoms with E-state index in [0.29, 0.717) is 0 Å². The Bertz CT molecular complexity index is 457. The largest absolute Gasteiger partial charge is 0.397 e. The standard InChI is InChI=1S/C11H15N3/c1-3-4-8-5-7(2)10-11(9(8)12)14-6-13-10/h5-6H,3-4,12H2,1-2H3,(H,13,14). The molecule has 0 aliphatic rings. The van der Waals surface area contributed by atoms with Gasteiger partial charge in [0.25, 0.3) is 0 Å². The van der Waals surface area contributed by atoms with Gasteiger partial charge in [-0.05, 0) is 24.5 Å². The van der Waals surface area contributed by atoms with Crippen LogP contribution >= 0.6 is 0 Å². The molecule has 0 atom stereocenters. The summed E-state index contributed by atoms with van der Waals surface area (Å²) < 4.78 is 0. The third kappa shape index (κ3) is 1.25. The Morgan fingerprint density at radius 2 is 2.29 bits per heavy atom. The lowest BCUT2D eigenvalue weighted by Gasteiger charge is -2.06. The summed E-state index contributed by atoms with van der Waals surface area (Å²) in [6, 6.07) is 2.15. The minimum absolute atomic E-state index is 0.828. The number of benzene rings is 1. The molecule has 0 aliphatic heterocycles. The van der Waals surface area contributed by atoms with Gasteiger partial charge in [0.1, 0.15) is 5.52 Å². The number of nitrogens with zero attached hydrogens (tertiary/aromatic N) is 1. The number of aromatic nitrogens is 2. The lowest BCUT2D eigenvalue weighted by atomic mass is 10.0. The first-order valence-electron chi connectivity index (χ1n) is 4.95. The van der Waals surface area contributed by atoms with Crippen molar-refractivity contribution in [3.8, 4) is 0 Å². The van der Waals surface area contributed by atoms with E-state index in [4.69, 9.17) is 5.73 Å². The van der Waals surface area contributed by atoms with Crippen LogP contribution in [0.5, 0.6) is 0 Å². The zero-order valence-electron chi connectivity index (χ0n) is 8.59. The molecule has 0 saturated carbocycles. The second kappa shape index (κ2) is 3.33. The molecule has 0 fully saturated rings. The third-order valence-electron chi connectivity index (χ3n) is 2.54. The highest BCUT2D eigenvalue weighted by atomic mass is 14.9. The Morgan fingerprint density at radius 1 is 1.50 bits per heavy atom. The number of aryl methyl sites for hydroxylation is 2. The molecule has 0 saturated heterocycles. The van der Waals surface area contributed by atoms with E-state index in [1.54, 1.807) is 6.33 Å². The first-order valence-corrected chi connectivity index (χ1v) is 4.95. The molecule has 1 aromatic heterocycles. The summed E-state index contributed by atoms with van der Waals surface area (Å²) >= 11 is 0. The summed E-state index contributed by atoms with van der Waals surface area (Å²) in [6.07, 6.45) is 3.83. The molecule has 0 radical (unpaired) electrons. The summed E-state index contributed by atoms with van der Waals surface area (Å²) in [7, 11) is 0. The van der Waals surface area contributed by atoms with Gasteiger partial charge in [-0.15, -0.1) is 0 Å². The summed E-state index contributed by atoms with van der Waals surface area (Å²) in [5.41, 5.74) is 11.3. The number of rotatable bonds is 2. The van der Waals surface area contributed by atoms with Gasteiger partial charge in [0.15, 0.2) is 0 Å². The fourth-order valence-corrected chi connectivity index (χ4v) is 1.84. The minimum atomic E-state index is 0.828. The summed E-state index contributed by atoms with van der Waals surface area (Å²) in [4.78, 5) is 7.35. The molecular formula is C11H15N3. The van der Waals surface area contributed by atoms with Gasteiger partial charge in [0.05, 0.1) is 17.5 Å². The van der Waals surface area contributed by atoms with Crippen LogP contribution in [0.4, 0.5) is 5.69 Å². The highest BCUT2D eigenvalue weighted by Crippen LogP contribution is 2.26. The van der Waals surface area contributed by atoms with Crippen LogP contribution in [0.3, 0.4) is 0 Å². The van der Waals surface area contributed by atoms with Crippen LogP contribution in [0.25, 0.3) is 11.0 Å². The van der Waals surface area contributed by atoms with Crippen LogP contribution in [-0.2, 0) is 6.42 Å². The number of H-pyrrole nitrogens is 1. The second-order valence-electron chi connectivity index (χ2n) is 3.64. The predicted molar refractivity (Wildman–Crippen MR) is 59.2 cm³/mol. The Morgan fingerprint density at radius 3 is 3.00 bits per heavy atom. The lowest BCUT2D eigenvalue weighted by molar-refractivity contribution is 0.924. The molecule has 2 aromatic rings. The number of nitrogens with two attached hydrogens (primary N) is 1. The van der Waals surface area contributed by atoms with E-state index in [2.05, 4.69) is 29.9 Å². The minimum Gasteiger partial charge on any atom is -0.397 e. The van der Waals surface area contributed by atoms with E-state index in [1.807, 2.05) is 0 Å². The lowest BCUT2D eigenvalue weighted by Crippen LogP contribution is -1.97. The van der Waals surface area contributed by atoms with Gasteiger partial charge in [0.2, 0.25) is 0 Å². The number of anilines is 1. The Hall–Kier alpha value is -1.51. The quantitative estimate of drug-likeness (QED) is 0.713. The summed E-state index contributed by atoms with van der Waals surface area (Å²) in [6.45, 7) is 4.24. The number of aromatic amines is 1. The summed E-state index contributed by atoms with van der Waals surface area (Å²) in [5, 5.41) is 0. The van der Waals surface area contributed by atoms with E-state index in [0.717, 1.165) is 29.6 Å². The molecule has 3 nitrogen and oxygen atoms in total. The average molecular weight is 189 g/mol. The number of nitrogen functional groups attached to an aromatic ring is 1. The number of hydrogen-bond acceptors (Lipinski definition) is 2. The molecule has 0 unspecified atom stereocenters. The molecule has 1 heterocycles. The molecule has 0 aliphatic carbocycles. The van der Waals surface area contributed by atoms with Crippen molar-refractivity contribution in [1.29, 1.82) is 0 Å². The predicted octanol–water partition coefficient (Wildman–Crippen LogP) is 2.41. The molecule has 2 rings (SSSR count). The maximum Gasteiger partial charge on any atom is 0.112 e. The van der Waals surface area contributed by atoms with Crippen molar-refractivity contribution in [3.63, 3.8) is 0 Å². The van der Waals surface area contributed by atoms with E-state index < -0.39 is 0 Å². The fourth-order valence-electron chi connectivity index (χ4n) is 1.84. The number of fused-ring (bicyclic) bond motifs is 1. The molecule has 3 heteroatoms. The zero-order chi connectivity index (χ0) is 10.1. The smallest absolute Gasteiger partial charge is 0.112 e. The average Bonchev–Trinajstić information content (AvgIpc) is 2.63. The molecule has 0 spiro atoms. The van der Waals surface area contributed by atoms with Gasteiger partial charge in [-0.25, -0.2) is 4.98 Å². The van der Waals surface area contributed by atoms with Crippen molar-refractivity contribution in [2.24, 2.45) is 0 Å². The van der Waals surface area contributed by atoms with Gasteiger partial charge in [-0.2, -0.15) is 0 Å². The topological polar surface area (TPSA) is 54.7 Å². The van der Waals surface area contributed by atoms with E-state index >= 15 is 0 Å². The first kappa shape index (κ1) is 9.06. The van der Waals surface area contributed by atoms with Gasteiger partial charge >= 0.3 is 0 Å². The van der Waals surface area contributed by atoms with Gasteiger partial charge in [-0.3, -0.25) is 0 Å². The van der Waals surface area contributed by atoms with Crippen molar-refractivity contribution >= 4 is 16.7 Å². The third-order valence-corrected chi connectivity index (χ3v) is 2.54. The Kier molecular flexibility index (Phi) is 2.15. The van der Waals surface area contributed by atoms with Crippen molar-refractivity contribution in [2.45, 2.75) is 26.7 Å². The highest BCUT2D eigenvalue weighted by Gasteiger charge is 2.08. The molecule has 1 aromatic carbocycles. The van der Waals surface area contributed by atoms with Crippen molar-refractivity contribution in [2.75, 3.05) is 5.73 Å². The van der Waals surface area contributed by atoms with E-state index in [-0.39, 0.29) is 0 Å². The molecule has 0 amide bonds. The van der Waals surface area contributed by atoms with Gasteiger partial charge in [0, 0.05) is 0 Å². The monoisotopic (exact) mass is 189 g/mol. The fraction of sp³-hybridized carbons (Fsp3) is 0.364. The van der Waals surface area contributed by atoms with Crippen LogP contribution in [0, 0.1) is 6.92 Å². The van der Waals surface area contributed by atoms with Crippen LogP contribution in [-0.4, -0.2) is 9.97 Å². The van der Waals surface area contributed by atoms with Crippen molar-refractivity contribution < 1.29 is 0 Å². The first-order chi connectivity index (χ1) is 6.74. The van der Waals surface area contributed by atoms with Crippen LogP contribution < -0.4 is 5.73 Å². The molecule has 74 valence electrons. The zero-order valence-corrected chi connectivity index (χ0v) is 8.59. The molecule has 3 N–H and O–H groups in total. The van der Waals surface area contributed by atoms with Crippen molar-refractivity contribution in [1.82, 2.24) is 9.97 Å². The van der Waals surface area contributed by atoms with Crippen LogP contribution in [0.1, 0.15) is 24.5 Å². The number of nitrogens with one attached hydrogen (secondary N) is 1. The molecule has 14 heavy (non-hydrogen) atoms. The SMILES string of the molecule is CCCc1cc(C)c2[nH]cnc2c1N. The highest BCUT2D eigenvalue weighted by molar-refractivity contribution is 5.90. The maximum atomic E-state index is 6.04. The Balaban J connectivity index is 2.68. The van der Waals surface area contributed by atoms with Gasteiger partial charge in [-0.1, -0.05) is 19.4 Å². The number of hydrogen-bond donors (Lipinski definition) is 2. The normalized spacial score (nSPS) is 11.0. The van der Waals surface area contributed by atoms with Crippen molar-refractivity contribution in [3.05, 3.63) is 23.5 Å². The van der Waals surface area contributed by atoms with Gasteiger partial charge < -0.3 is 10.7 Å². The Labute approximate surface area is 83.3 Å². The van der Waals surface area contributed by atoms with E-state index in [9.17, 15) is 0 Å². The molecule has 0 bridgehead atoms.